The third-order valence-electron chi connectivity index (χ3n) is 2.73. The molecule has 0 aliphatic rings. The van der Waals surface area contributed by atoms with Gasteiger partial charge in [-0.05, 0) is 42.0 Å². The molecule has 0 aromatic heterocycles. The zero-order valence-electron chi connectivity index (χ0n) is 10.8. The maximum Gasteiger partial charge on any atom is 0.185 e. The average molecular weight is 272 g/mol. The maximum atomic E-state index is 13.5. The first-order valence-corrected chi connectivity index (χ1v) is 5.95. The molecule has 3 nitrogen and oxygen atoms in total. The van der Waals surface area contributed by atoms with Crippen molar-refractivity contribution in [1.82, 2.24) is 0 Å². The third-order valence-corrected chi connectivity index (χ3v) is 2.73. The van der Waals surface area contributed by atoms with Crippen molar-refractivity contribution in [2.75, 3.05) is 7.11 Å². The maximum absolute atomic E-state index is 13.5. The lowest BCUT2D eigenvalue weighted by Crippen LogP contribution is -1.96. The highest BCUT2D eigenvalue weighted by Crippen LogP contribution is 2.18. The van der Waals surface area contributed by atoms with Crippen molar-refractivity contribution in [3.8, 4) is 11.5 Å². The lowest BCUT2D eigenvalue weighted by molar-refractivity contribution is 0.104. The summed E-state index contributed by atoms with van der Waals surface area (Å²) >= 11 is 0. The van der Waals surface area contributed by atoms with Crippen LogP contribution in [0.1, 0.15) is 15.9 Å². The van der Waals surface area contributed by atoms with Crippen LogP contribution >= 0.6 is 0 Å². The molecule has 1 N–H and O–H groups in total. The predicted molar refractivity (Wildman–Crippen MR) is 74.4 cm³/mol. The SMILES string of the molecule is COc1ccc(C(=O)C=Cc2cccc(O)c2)cc1F. The lowest BCUT2D eigenvalue weighted by atomic mass is 10.1. The summed E-state index contributed by atoms with van der Waals surface area (Å²) in [6.45, 7) is 0. The van der Waals surface area contributed by atoms with Crippen molar-refractivity contribution in [3.05, 3.63) is 65.5 Å². The molecule has 0 radical (unpaired) electrons. The number of methoxy groups -OCH3 is 1. The van der Waals surface area contributed by atoms with Gasteiger partial charge in [-0.15, -0.1) is 0 Å². The molecule has 0 fully saturated rings. The van der Waals surface area contributed by atoms with E-state index in [2.05, 4.69) is 0 Å². The highest BCUT2D eigenvalue weighted by atomic mass is 19.1. The minimum atomic E-state index is -0.580. The van der Waals surface area contributed by atoms with Gasteiger partial charge in [-0.2, -0.15) is 0 Å². The Bertz CT molecular complexity index is 663. The van der Waals surface area contributed by atoms with Gasteiger partial charge in [0.1, 0.15) is 5.75 Å². The molecular weight excluding hydrogens is 259 g/mol. The second-order valence-electron chi connectivity index (χ2n) is 4.14. The Labute approximate surface area is 115 Å². The second-order valence-corrected chi connectivity index (χ2v) is 4.14. The molecule has 0 atom stereocenters. The molecule has 0 unspecified atom stereocenters. The third kappa shape index (κ3) is 3.23. The number of carbonyl (C=O) groups is 1. The number of hydrogen-bond donors (Lipinski definition) is 1. The van der Waals surface area contributed by atoms with E-state index in [1.807, 2.05) is 0 Å². The van der Waals surface area contributed by atoms with Crippen LogP contribution in [0, 0.1) is 5.82 Å². The fourth-order valence-electron chi connectivity index (χ4n) is 1.72. The number of ether oxygens (including phenoxy) is 1. The highest BCUT2D eigenvalue weighted by molar-refractivity contribution is 6.06. The van der Waals surface area contributed by atoms with Gasteiger partial charge in [0, 0.05) is 5.56 Å². The van der Waals surface area contributed by atoms with Crippen molar-refractivity contribution >= 4 is 11.9 Å². The summed E-state index contributed by atoms with van der Waals surface area (Å²) in [7, 11) is 1.36. The molecule has 0 aliphatic heterocycles. The number of aromatic hydroxyl groups is 1. The van der Waals surface area contributed by atoms with Crippen molar-refractivity contribution in [2.45, 2.75) is 0 Å². The Hall–Kier alpha value is -2.62. The van der Waals surface area contributed by atoms with Gasteiger partial charge in [-0.1, -0.05) is 18.2 Å². The lowest BCUT2D eigenvalue weighted by Gasteiger charge is -2.02. The smallest absolute Gasteiger partial charge is 0.185 e. The van der Waals surface area contributed by atoms with E-state index < -0.39 is 5.82 Å². The molecule has 4 heteroatoms. The second kappa shape index (κ2) is 6.02. The first kappa shape index (κ1) is 13.8. The Balaban J connectivity index is 2.18. The molecule has 0 saturated carbocycles. The molecule has 0 spiro atoms. The summed E-state index contributed by atoms with van der Waals surface area (Å²) in [4.78, 5) is 11.9. The van der Waals surface area contributed by atoms with Gasteiger partial charge in [0.15, 0.2) is 17.3 Å². The first-order valence-electron chi connectivity index (χ1n) is 5.95. The summed E-state index contributed by atoms with van der Waals surface area (Å²) in [5.74, 6) is -0.687. The summed E-state index contributed by atoms with van der Waals surface area (Å²) in [6.07, 6.45) is 2.89. The number of hydrogen-bond acceptors (Lipinski definition) is 3. The van der Waals surface area contributed by atoms with Crippen LogP contribution in [0.5, 0.6) is 11.5 Å². The van der Waals surface area contributed by atoms with Crippen LogP contribution in [-0.4, -0.2) is 18.0 Å². The molecule has 102 valence electrons. The Kier molecular flexibility index (Phi) is 4.15. The monoisotopic (exact) mass is 272 g/mol. The van der Waals surface area contributed by atoms with Gasteiger partial charge < -0.3 is 9.84 Å². The number of benzene rings is 2. The molecular formula is C16H13FO3. The van der Waals surface area contributed by atoms with Gasteiger partial charge in [0.05, 0.1) is 7.11 Å². The number of carbonyl (C=O) groups excluding carboxylic acids is 1. The van der Waals surface area contributed by atoms with Gasteiger partial charge in [0.2, 0.25) is 0 Å². The molecule has 2 aromatic rings. The summed E-state index contributed by atoms with van der Waals surface area (Å²) in [6, 6.07) is 10.5. The standard InChI is InChI=1S/C16H13FO3/c1-20-16-8-6-12(10-14(16)17)15(19)7-5-11-3-2-4-13(18)9-11/h2-10,18H,1H3. The number of allylic oxidation sites excluding steroid dienone is 1. The Morgan fingerprint density at radius 3 is 2.70 bits per heavy atom. The largest absolute Gasteiger partial charge is 0.508 e. The Morgan fingerprint density at radius 1 is 1.25 bits per heavy atom. The molecule has 0 saturated heterocycles. The van der Waals surface area contributed by atoms with Crippen LogP contribution in [0.3, 0.4) is 0 Å². The zero-order valence-corrected chi connectivity index (χ0v) is 10.8. The van der Waals surface area contributed by atoms with E-state index in [4.69, 9.17) is 4.74 Å². The fourth-order valence-corrected chi connectivity index (χ4v) is 1.72. The molecule has 2 aromatic carbocycles. The van der Waals surface area contributed by atoms with Crippen molar-refractivity contribution < 1.29 is 19.0 Å². The Morgan fingerprint density at radius 2 is 2.05 bits per heavy atom. The number of phenols is 1. The van der Waals surface area contributed by atoms with E-state index in [9.17, 15) is 14.3 Å². The average Bonchev–Trinajstić information content (AvgIpc) is 2.44. The highest BCUT2D eigenvalue weighted by Gasteiger charge is 2.07. The number of phenolic OH excluding ortho intramolecular Hbond substituents is 1. The molecule has 0 amide bonds. The van der Waals surface area contributed by atoms with E-state index in [1.165, 1.54) is 37.5 Å². The predicted octanol–water partition coefficient (Wildman–Crippen LogP) is 3.44. The normalized spacial score (nSPS) is 10.7. The van der Waals surface area contributed by atoms with Crippen LogP contribution in [0.25, 0.3) is 6.08 Å². The topological polar surface area (TPSA) is 46.5 Å². The van der Waals surface area contributed by atoms with Crippen LogP contribution in [0.4, 0.5) is 4.39 Å². The number of rotatable bonds is 4. The van der Waals surface area contributed by atoms with Crippen LogP contribution in [0.2, 0.25) is 0 Å². The zero-order chi connectivity index (χ0) is 14.5. The van der Waals surface area contributed by atoms with Gasteiger partial charge in [-0.3, -0.25) is 4.79 Å². The van der Waals surface area contributed by atoms with Crippen molar-refractivity contribution in [2.24, 2.45) is 0 Å². The summed E-state index contributed by atoms with van der Waals surface area (Å²) < 4.78 is 18.3. The van der Waals surface area contributed by atoms with Crippen LogP contribution in [0.15, 0.2) is 48.5 Å². The van der Waals surface area contributed by atoms with E-state index >= 15 is 0 Å². The van der Waals surface area contributed by atoms with Gasteiger partial charge >= 0.3 is 0 Å². The van der Waals surface area contributed by atoms with Gasteiger partial charge in [-0.25, -0.2) is 4.39 Å². The number of ketones is 1. The fraction of sp³-hybridized carbons (Fsp3) is 0.0625. The van der Waals surface area contributed by atoms with Gasteiger partial charge in [0.25, 0.3) is 0 Å². The van der Waals surface area contributed by atoms with E-state index in [1.54, 1.807) is 18.2 Å². The van der Waals surface area contributed by atoms with Crippen molar-refractivity contribution in [3.63, 3.8) is 0 Å². The first-order chi connectivity index (χ1) is 9.60. The van der Waals surface area contributed by atoms with Crippen LogP contribution in [-0.2, 0) is 0 Å². The minimum absolute atomic E-state index is 0.0958. The van der Waals surface area contributed by atoms with E-state index in [-0.39, 0.29) is 22.8 Å². The molecule has 2 rings (SSSR count). The molecule has 0 aliphatic carbocycles. The van der Waals surface area contributed by atoms with Crippen molar-refractivity contribution in [1.29, 1.82) is 0 Å². The van der Waals surface area contributed by atoms with Crippen LogP contribution < -0.4 is 4.74 Å². The summed E-state index contributed by atoms with van der Waals surface area (Å²) in [5.41, 5.74) is 0.923. The molecule has 0 bridgehead atoms. The minimum Gasteiger partial charge on any atom is -0.508 e. The quantitative estimate of drug-likeness (QED) is 0.685. The molecule has 20 heavy (non-hydrogen) atoms. The molecule has 0 heterocycles. The summed E-state index contributed by atoms with van der Waals surface area (Å²) in [5, 5.41) is 9.31. The van der Waals surface area contributed by atoms with E-state index in [0.717, 1.165) is 6.07 Å². The van der Waals surface area contributed by atoms with E-state index in [0.29, 0.717) is 5.56 Å². The number of halogens is 1.